The monoisotopic (exact) mass is 223 g/mol. The summed E-state index contributed by atoms with van der Waals surface area (Å²) in [4.78, 5) is 13.6. The predicted molar refractivity (Wildman–Crippen MR) is 63.0 cm³/mol. The molecule has 2 nitrogen and oxygen atoms in total. The summed E-state index contributed by atoms with van der Waals surface area (Å²) in [7, 11) is 0. The number of nitrogens with zero attached hydrogens (tertiary/aromatic N) is 1. The molecule has 0 fully saturated rings. The summed E-state index contributed by atoms with van der Waals surface area (Å²) in [6.45, 7) is 6.99. The van der Waals surface area contributed by atoms with Crippen molar-refractivity contribution in [2.24, 2.45) is 0 Å². The van der Waals surface area contributed by atoms with Crippen LogP contribution in [0.2, 0.25) is 0 Å². The van der Waals surface area contributed by atoms with Crippen molar-refractivity contribution in [1.82, 2.24) is 4.90 Å². The molecule has 0 saturated heterocycles. The Labute approximate surface area is 96.1 Å². The van der Waals surface area contributed by atoms with E-state index in [-0.39, 0.29) is 11.5 Å². The van der Waals surface area contributed by atoms with Crippen molar-refractivity contribution >= 4 is 5.91 Å². The molecule has 16 heavy (non-hydrogen) atoms. The van der Waals surface area contributed by atoms with Gasteiger partial charge in [0.1, 0.15) is 5.82 Å². The molecule has 0 aromatic heterocycles. The highest BCUT2D eigenvalue weighted by molar-refractivity contribution is 5.94. The van der Waals surface area contributed by atoms with Crippen LogP contribution in [0.1, 0.15) is 36.2 Å². The Morgan fingerprint density at radius 3 is 2.56 bits per heavy atom. The molecule has 0 heterocycles. The van der Waals surface area contributed by atoms with Gasteiger partial charge in [-0.3, -0.25) is 4.79 Å². The molecule has 1 rings (SSSR count). The van der Waals surface area contributed by atoms with E-state index in [0.717, 1.165) is 12.0 Å². The largest absolute Gasteiger partial charge is 0.339 e. The smallest absolute Gasteiger partial charge is 0.256 e. The Hall–Kier alpha value is -1.38. The van der Waals surface area contributed by atoms with Crippen LogP contribution in [0.25, 0.3) is 0 Å². The number of amides is 1. The van der Waals surface area contributed by atoms with Gasteiger partial charge in [-0.05, 0) is 38.0 Å². The second-order valence-corrected chi connectivity index (χ2v) is 3.87. The zero-order valence-electron chi connectivity index (χ0n) is 10.1. The quantitative estimate of drug-likeness (QED) is 0.768. The molecule has 0 saturated carbocycles. The number of hydrogen-bond acceptors (Lipinski definition) is 1. The number of hydrogen-bond donors (Lipinski definition) is 0. The Balaban J connectivity index is 2.94. The summed E-state index contributed by atoms with van der Waals surface area (Å²) in [5.74, 6) is -0.651. The molecule has 0 spiro atoms. The van der Waals surface area contributed by atoms with Gasteiger partial charge >= 0.3 is 0 Å². The van der Waals surface area contributed by atoms with Gasteiger partial charge in [-0.2, -0.15) is 0 Å². The molecule has 3 heteroatoms. The highest BCUT2D eigenvalue weighted by atomic mass is 19.1. The van der Waals surface area contributed by atoms with Gasteiger partial charge in [0.15, 0.2) is 0 Å². The van der Waals surface area contributed by atoms with Crippen molar-refractivity contribution in [2.75, 3.05) is 13.1 Å². The van der Waals surface area contributed by atoms with E-state index in [1.54, 1.807) is 24.0 Å². The van der Waals surface area contributed by atoms with Gasteiger partial charge in [0.05, 0.1) is 5.56 Å². The molecule has 1 aromatic rings. The first-order valence-electron chi connectivity index (χ1n) is 5.65. The van der Waals surface area contributed by atoms with Crippen molar-refractivity contribution in [2.45, 2.75) is 27.2 Å². The predicted octanol–water partition coefficient (Wildman–Crippen LogP) is 3.01. The van der Waals surface area contributed by atoms with E-state index in [1.807, 2.05) is 13.8 Å². The lowest BCUT2D eigenvalue weighted by molar-refractivity contribution is 0.0760. The van der Waals surface area contributed by atoms with Crippen molar-refractivity contribution in [3.63, 3.8) is 0 Å². The normalized spacial score (nSPS) is 10.2. The summed E-state index contributed by atoms with van der Waals surface area (Å²) in [5.41, 5.74) is 0.994. The van der Waals surface area contributed by atoms with E-state index in [0.29, 0.717) is 13.1 Å². The molecule has 0 atom stereocenters. The molecule has 88 valence electrons. The minimum absolute atomic E-state index is 0.168. The van der Waals surface area contributed by atoms with Gasteiger partial charge in [-0.1, -0.05) is 13.0 Å². The molecule has 1 aromatic carbocycles. The van der Waals surface area contributed by atoms with Crippen LogP contribution < -0.4 is 0 Å². The SMILES string of the molecule is CCCN(CC)C(=O)c1ccc(C)cc1F. The first kappa shape index (κ1) is 12.7. The fourth-order valence-corrected chi connectivity index (χ4v) is 1.64. The number of benzene rings is 1. The van der Waals surface area contributed by atoms with Gasteiger partial charge in [-0.25, -0.2) is 4.39 Å². The molecular weight excluding hydrogens is 205 g/mol. The molecule has 1 amide bonds. The van der Waals surface area contributed by atoms with E-state index < -0.39 is 5.82 Å². The highest BCUT2D eigenvalue weighted by Gasteiger charge is 2.16. The third-order valence-electron chi connectivity index (χ3n) is 2.52. The summed E-state index contributed by atoms with van der Waals surface area (Å²) >= 11 is 0. The molecular formula is C13H18FNO. The second kappa shape index (κ2) is 5.64. The third-order valence-corrected chi connectivity index (χ3v) is 2.52. The van der Waals surface area contributed by atoms with Crippen molar-refractivity contribution < 1.29 is 9.18 Å². The number of rotatable bonds is 4. The maximum absolute atomic E-state index is 13.6. The van der Waals surface area contributed by atoms with Crippen molar-refractivity contribution in [3.05, 3.63) is 35.1 Å². The lowest BCUT2D eigenvalue weighted by Gasteiger charge is -2.20. The minimum Gasteiger partial charge on any atom is -0.339 e. The summed E-state index contributed by atoms with van der Waals surface area (Å²) in [5, 5.41) is 0. The number of carbonyl (C=O) groups excluding carboxylic acids is 1. The van der Waals surface area contributed by atoms with Gasteiger partial charge in [0.25, 0.3) is 5.91 Å². The minimum atomic E-state index is -0.431. The molecule has 0 aliphatic heterocycles. The maximum Gasteiger partial charge on any atom is 0.256 e. The molecule has 0 aliphatic carbocycles. The van der Waals surface area contributed by atoms with Gasteiger partial charge in [0.2, 0.25) is 0 Å². The van der Waals surface area contributed by atoms with Gasteiger partial charge in [-0.15, -0.1) is 0 Å². The second-order valence-electron chi connectivity index (χ2n) is 3.87. The van der Waals surface area contributed by atoms with E-state index in [1.165, 1.54) is 6.07 Å². The zero-order chi connectivity index (χ0) is 12.1. The Morgan fingerprint density at radius 1 is 1.38 bits per heavy atom. The fraction of sp³-hybridized carbons (Fsp3) is 0.462. The van der Waals surface area contributed by atoms with Crippen molar-refractivity contribution in [3.8, 4) is 0 Å². The Bertz CT molecular complexity index is 376. The lowest BCUT2D eigenvalue weighted by atomic mass is 10.1. The van der Waals surface area contributed by atoms with Gasteiger partial charge < -0.3 is 4.90 Å². The average molecular weight is 223 g/mol. The standard InChI is InChI=1S/C13H18FNO/c1-4-8-15(5-2)13(16)11-7-6-10(3)9-12(11)14/h6-7,9H,4-5,8H2,1-3H3. The van der Waals surface area contributed by atoms with E-state index in [4.69, 9.17) is 0 Å². The van der Waals surface area contributed by atoms with E-state index >= 15 is 0 Å². The van der Waals surface area contributed by atoms with E-state index in [9.17, 15) is 9.18 Å². The Morgan fingerprint density at radius 2 is 2.06 bits per heavy atom. The van der Waals surface area contributed by atoms with Crippen LogP contribution in [0.3, 0.4) is 0 Å². The first-order valence-corrected chi connectivity index (χ1v) is 5.65. The molecule has 0 bridgehead atoms. The zero-order valence-corrected chi connectivity index (χ0v) is 10.1. The van der Waals surface area contributed by atoms with Crippen LogP contribution in [0.5, 0.6) is 0 Å². The fourth-order valence-electron chi connectivity index (χ4n) is 1.64. The molecule has 0 aliphatic rings. The summed E-state index contributed by atoms with van der Waals surface area (Å²) in [6, 6.07) is 4.72. The van der Waals surface area contributed by atoms with Crippen LogP contribution in [-0.4, -0.2) is 23.9 Å². The third kappa shape index (κ3) is 2.81. The van der Waals surface area contributed by atoms with Crippen LogP contribution in [0.4, 0.5) is 4.39 Å². The van der Waals surface area contributed by atoms with E-state index in [2.05, 4.69) is 0 Å². The van der Waals surface area contributed by atoms with Crippen LogP contribution >= 0.6 is 0 Å². The van der Waals surface area contributed by atoms with Crippen LogP contribution in [0.15, 0.2) is 18.2 Å². The molecule has 0 unspecified atom stereocenters. The van der Waals surface area contributed by atoms with Crippen molar-refractivity contribution in [1.29, 1.82) is 0 Å². The van der Waals surface area contributed by atoms with Crippen LogP contribution in [-0.2, 0) is 0 Å². The maximum atomic E-state index is 13.6. The summed E-state index contributed by atoms with van der Waals surface area (Å²) < 4.78 is 13.6. The number of aryl methyl sites for hydroxylation is 1. The van der Waals surface area contributed by atoms with Crippen LogP contribution in [0, 0.1) is 12.7 Å². The first-order chi connectivity index (χ1) is 7.60. The topological polar surface area (TPSA) is 20.3 Å². The number of halogens is 1. The average Bonchev–Trinajstić information content (AvgIpc) is 2.25. The lowest BCUT2D eigenvalue weighted by Crippen LogP contribution is -2.32. The number of carbonyl (C=O) groups is 1. The summed E-state index contributed by atoms with van der Waals surface area (Å²) in [6.07, 6.45) is 0.882. The van der Waals surface area contributed by atoms with Gasteiger partial charge in [0, 0.05) is 13.1 Å². The molecule has 0 radical (unpaired) electrons. The highest BCUT2D eigenvalue weighted by Crippen LogP contribution is 2.12. The molecule has 0 N–H and O–H groups in total. The Kier molecular flexibility index (Phi) is 4.47.